The van der Waals surface area contributed by atoms with Crippen LogP contribution in [0.1, 0.15) is 65.2 Å². The quantitative estimate of drug-likeness (QED) is 0.257. The molecule has 0 spiro atoms. The molecule has 194 valence electrons. The summed E-state index contributed by atoms with van der Waals surface area (Å²) < 4.78 is 30.0. The van der Waals surface area contributed by atoms with Crippen molar-refractivity contribution in [3.05, 3.63) is 0 Å². The molecule has 0 aromatic heterocycles. The van der Waals surface area contributed by atoms with Crippen molar-refractivity contribution in [2.75, 3.05) is 33.5 Å². The van der Waals surface area contributed by atoms with Gasteiger partial charge in [-0.2, -0.15) is 17.2 Å². The summed E-state index contributed by atoms with van der Waals surface area (Å²) in [6, 6.07) is 0.720. The van der Waals surface area contributed by atoms with E-state index in [9.17, 15) is 13.6 Å². The molecule has 2 rings (SSSR count). The highest BCUT2D eigenvalue weighted by atomic mass is 32.2. The van der Waals surface area contributed by atoms with Gasteiger partial charge in [0.25, 0.3) is 5.91 Å². The fourth-order valence-corrected chi connectivity index (χ4v) is 6.80. The van der Waals surface area contributed by atoms with E-state index in [1.54, 1.807) is 7.11 Å². The van der Waals surface area contributed by atoms with Crippen LogP contribution in [0.4, 0.5) is 8.78 Å². The van der Waals surface area contributed by atoms with Gasteiger partial charge in [0.1, 0.15) is 6.17 Å². The summed E-state index contributed by atoms with van der Waals surface area (Å²) in [6.07, 6.45) is 6.49. The monoisotopic (exact) mass is 510 g/mol. The molecule has 3 N–H and O–H groups in total. The van der Waals surface area contributed by atoms with Crippen molar-refractivity contribution in [1.82, 2.24) is 20.4 Å². The Hall–Kier alpha value is -0.130. The van der Waals surface area contributed by atoms with Crippen LogP contribution < -0.4 is 15.5 Å². The van der Waals surface area contributed by atoms with Crippen LogP contribution in [0.2, 0.25) is 0 Å². The molecule has 1 amide bonds. The van der Waals surface area contributed by atoms with Crippen molar-refractivity contribution < 1.29 is 18.4 Å². The Labute approximate surface area is 207 Å². The van der Waals surface area contributed by atoms with Crippen molar-refractivity contribution in [3.8, 4) is 0 Å². The van der Waals surface area contributed by atoms with Gasteiger partial charge in [-0.3, -0.25) is 9.52 Å². The number of rotatable bonds is 13. The summed E-state index contributed by atoms with van der Waals surface area (Å²) in [7, 11) is 5.82. The molecule has 2 aliphatic carbocycles. The van der Waals surface area contributed by atoms with Crippen molar-refractivity contribution >= 4 is 29.6 Å². The number of hydrogen-bond donors (Lipinski definition) is 3. The lowest BCUT2D eigenvalue weighted by Crippen LogP contribution is -2.55. The van der Waals surface area contributed by atoms with Crippen LogP contribution in [0.15, 0.2) is 0 Å². The van der Waals surface area contributed by atoms with Crippen LogP contribution in [0, 0.1) is 0 Å². The average molecular weight is 511 g/mol. The zero-order chi connectivity index (χ0) is 24.4. The van der Waals surface area contributed by atoms with Gasteiger partial charge >= 0.3 is 0 Å². The van der Waals surface area contributed by atoms with E-state index in [2.05, 4.69) is 34.5 Å². The summed E-state index contributed by atoms with van der Waals surface area (Å²) in [5, 5.41) is 4.64. The summed E-state index contributed by atoms with van der Waals surface area (Å²) in [5.74, 6) is 0.428. The minimum absolute atomic E-state index is 0.102. The lowest BCUT2D eigenvalue weighted by atomic mass is 9.89. The summed E-state index contributed by atoms with van der Waals surface area (Å²) in [6.45, 7) is 3.55. The molecule has 6 nitrogen and oxygen atoms in total. The molecule has 2 saturated carbocycles. The van der Waals surface area contributed by atoms with E-state index in [1.807, 2.05) is 11.8 Å². The Balaban J connectivity index is 1.89. The normalized spacial score (nSPS) is 29.8. The third kappa shape index (κ3) is 11.0. The smallest absolute Gasteiger partial charge is 0.266 e. The maximum Gasteiger partial charge on any atom is 0.266 e. The van der Waals surface area contributed by atoms with Crippen LogP contribution in [0.5, 0.6) is 0 Å². The van der Waals surface area contributed by atoms with Crippen molar-refractivity contribution in [3.63, 3.8) is 0 Å². The van der Waals surface area contributed by atoms with Crippen molar-refractivity contribution in [2.24, 2.45) is 0 Å². The Morgan fingerprint density at radius 2 is 1.79 bits per heavy atom. The fourth-order valence-electron chi connectivity index (χ4n) is 4.35. The Morgan fingerprint density at radius 1 is 1.12 bits per heavy atom. The number of amides is 1. The maximum absolute atomic E-state index is 13.8. The number of carbonyl (C=O) groups is 1. The molecule has 0 saturated heterocycles. The van der Waals surface area contributed by atoms with Crippen LogP contribution in [-0.4, -0.2) is 84.8 Å². The molecule has 0 radical (unpaired) electrons. The van der Waals surface area contributed by atoms with Crippen LogP contribution in [0.25, 0.3) is 0 Å². The SMILES string of the molecule is CONC1CC(SNC(=O)C(C)(C)F)CCC1NC(CCN(C)C)CSC1CCC(F)CC1. The van der Waals surface area contributed by atoms with Crippen molar-refractivity contribution in [2.45, 2.75) is 106 Å². The van der Waals surface area contributed by atoms with E-state index in [0.717, 1.165) is 50.8 Å². The fraction of sp³-hybridized carbons (Fsp3) is 0.957. The number of thioether (sulfide) groups is 1. The highest BCUT2D eigenvalue weighted by molar-refractivity contribution is 8.00. The molecule has 0 bridgehead atoms. The molecule has 0 aromatic carbocycles. The van der Waals surface area contributed by atoms with Gasteiger partial charge in [0.2, 0.25) is 0 Å². The number of hydroxylamine groups is 1. The standard InChI is InChI=1S/C23H44F2N4O2S2/c1-23(2,25)22(30)28-33-19-10-11-20(21(14-19)27-31-5)26-17(12-13-29(3)4)15-32-18-8-6-16(24)7-9-18/h16-21,26-27H,6-15H2,1-5H3,(H,28,30). The Bertz CT molecular complexity index is 575. The first kappa shape index (κ1) is 29.1. The van der Waals surface area contributed by atoms with Crippen LogP contribution >= 0.6 is 23.7 Å². The number of nitrogens with one attached hydrogen (secondary N) is 3. The first-order valence-electron chi connectivity index (χ1n) is 12.2. The average Bonchev–Trinajstić information content (AvgIpc) is 2.75. The van der Waals surface area contributed by atoms with E-state index in [-0.39, 0.29) is 17.3 Å². The van der Waals surface area contributed by atoms with Gasteiger partial charge in [-0.05, 0) is 97.8 Å². The number of halogens is 2. The second-order valence-electron chi connectivity index (χ2n) is 10.2. The second-order valence-corrected chi connectivity index (χ2v) is 12.6. The molecule has 2 fully saturated rings. The van der Waals surface area contributed by atoms with Gasteiger partial charge in [0.05, 0.1) is 7.11 Å². The molecule has 33 heavy (non-hydrogen) atoms. The van der Waals surface area contributed by atoms with Crippen molar-refractivity contribution in [1.29, 1.82) is 0 Å². The predicted molar refractivity (Wildman–Crippen MR) is 136 cm³/mol. The minimum atomic E-state index is -1.88. The Morgan fingerprint density at radius 3 is 2.39 bits per heavy atom. The van der Waals surface area contributed by atoms with E-state index in [4.69, 9.17) is 4.84 Å². The zero-order valence-corrected chi connectivity index (χ0v) is 22.5. The second kappa shape index (κ2) is 14.4. The molecule has 4 unspecified atom stereocenters. The van der Waals surface area contributed by atoms with Gasteiger partial charge in [0.15, 0.2) is 5.67 Å². The molecule has 10 heteroatoms. The third-order valence-corrected chi connectivity index (χ3v) is 9.04. The van der Waals surface area contributed by atoms with E-state index in [0.29, 0.717) is 24.1 Å². The number of hydrogen-bond acceptors (Lipinski definition) is 7. The minimum Gasteiger partial charge on any atom is -0.309 e. The van der Waals surface area contributed by atoms with E-state index in [1.165, 1.54) is 25.8 Å². The van der Waals surface area contributed by atoms with Gasteiger partial charge < -0.3 is 15.1 Å². The Kier molecular flexibility index (Phi) is 12.7. The predicted octanol–water partition coefficient (Wildman–Crippen LogP) is 3.86. The highest BCUT2D eigenvalue weighted by Gasteiger charge is 2.34. The summed E-state index contributed by atoms with van der Waals surface area (Å²) in [4.78, 5) is 19.4. The number of nitrogens with zero attached hydrogens (tertiary/aromatic N) is 1. The lowest BCUT2D eigenvalue weighted by Gasteiger charge is -2.39. The van der Waals surface area contributed by atoms with Gasteiger partial charge in [0, 0.05) is 34.4 Å². The first-order chi connectivity index (χ1) is 15.6. The number of carbonyl (C=O) groups excluding carboxylic acids is 1. The first-order valence-corrected chi connectivity index (χ1v) is 14.1. The van der Waals surface area contributed by atoms with Crippen LogP contribution in [-0.2, 0) is 9.63 Å². The summed E-state index contributed by atoms with van der Waals surface area (Å²) in [5.41, 5.74) is 1.26. The third-order valence-electron chi connectivity index (χ3n) is 6.44. The zero-order valence-electron chi connectivity index (χ0n) is 20.9. The van der Waals surface area contributed by atoms with E-state index >= 15 is 0 Å². The van der Waals surface area contributed by atoms with Gasteiger partial charge in [-0.25, -0.2) is 8.78 Å². The highest BCUT2D eigenvalue weighted by Crippen LogP contribution is 2.32. The molecule has 4 atom stereocenters. The summed E-state index contributed by atoms with van der Waals surface area (Å²) >= 11 is 3.31. The van der Waals surface area contributed by atoms with Gasteiger partial charge in [-0.1, -0.05) is 0 Å². The molecule has 0 aromatic rings. The molecule has 0 heterocycles. The van der Waals surface area contributed by atoms with Crippen LogP contribution in [0.3, 0.4) is 0 Å². The topological polar surface area (TPSA) is 65.6 Å². The largest absolute Gasteiger partial charge is 0.309 e. The van der Waals surface area contributed by atoms with Gasteiger partial charge in [-0.15, -0.1) is 0 Å². The molecular weight excluding hydrogens is 466 g/mol. The molecule has 0 aliphatic heterocycles. The lowest BCUT2D eigenvalue weighted by molar-refractivity contribution is -0.128. The maximum atomic E-state index is 13.8. The molecule has 2 aliphatic rings. The molecular formula is C23H44F2N4O2S2. The number of alkyl halides is 2. The van der Waals surface area contributed by atoms with E-state index < -0.39 is 17.7 Å².